The number of nitrogens with two attached hydrogens (primary N) is 1. The van der Waals surface area contributed by atoms with Gasteiger partial charge in [0, 0.05) is 13.1 Å². The number of carbonyl (C=O) groups excluding carboxylic acids is 1. The van der Waals surface area contributed by atoms with Gasteiger partial charge in [0.25, 0.3) is 0 Å². The Hall–Kier alpha value is -0.610. The van der Waals surface area contributed by atoms with Crippen molar-refractivity contribution in [3.63, 3.8) is 0 Å². The number of rotatable bonds is 3. The summed E-state index contributed by atoms with van der Waals surface area (Å²) in [6.45, 7) is 3.11. The Morgan fingerprint density at radius 1 is 1.77 bits per heavy atom. The molecule has 1 amide bonds. The Kier molecular flexibility index (Phi) is 3.69. The molecule has 1 aliphatic rings. The number of β-amino-alcohol motifs (C(OH)–C–C–N with tert-alkyl or cyclic N) is 1. The van der Waals surface area contributed by atoms with Crippen molar-refractivity contribution in [1.82, 2.24) is 4.90 Å². The zero-order chi connectivity index (χ0) is 9.84. The fraction of sp³-hybridized carbons (Fsp3) is 0.889. The maximum absolute atomic E-state index is 11.6. The monoisotopic (exact) mass is 186 g/mol. The summed E-state index contributed by atoms with van der Waals surface area (Å²) in [5, 5.41) is 9.23. The largest absolute Gasteiger partial charge is 0.391 e. The summed E-state index contributed by atoms with van der Waals surface area (Å²) in [4.78, 5) is 13.2. The topological polar surface area (TPSA) is 66.6 Å². The number of aliphatic hydroxyl groups excluding tert-OH is 1. The van der Waals surface area contributed by atoms with Gasteiger partial charge in [-0.15, -0.1) is 0 Å². The van der Waals surface area contributed by atoms with Crippen molar-refractivity contribution in [1.29, 1.82) is 0 Å². The summed E-state index contributed by atoms with van der Waals surface area (Å²) >= 11 is 0. The first-order valence-corrected chi connectivity index (χ1v) is 4.87. The van der Waals surface area contributed by atoms with Crippen LogP contribution < -0.4 is 5.73 Å². The van der Waals surface area contributed by atoms with Gasteiger partial charge in [-0.05, 0) is 12.8 Å². The third-order valence-corrected chi connectivity index (χ3v) is 2.39. The van der Waals surface area contributed by atoms with Crippen molar-refractivity contribution in [2.45, 2.75) is 38.3 Å². The lowest BCUT2D eigenvalue weighted by molar-refractivity contribution is -0.132. The van der Waals surface area contributed by atoms with Crippen molar-refractivity contribution in [2.75, 3.05) is 13.1 Å². The van der Waals surface area contributed by atoms with Gasteiger partial charge < -0.3 is 15.7 Å². The highest BCUT2D eigenvalue weighted by molar-refractivity contribution is 5.81. The van der Waals surface area contributed by atoms with Crippen molar-refractivity contribution in [2.24, 2.45) is 5.73 Å². The zero-order valence-corrected chi connectivity index (χ0v) is 8.07. The molecule has 1 fully saturated rings. The molecule has 0 radical (unpaired) electrons. The second-order valence-electron chi connectivity index (χ2n) is 3.62. The zero-order valence-electron chi connectivity index (χ0n) is 8.07. The summed E-state index contributed by atoms with van der Waals surface area (Å²) in [6, 6.07) is -0.379. The molecular formula is C9H18N2O2. The number of hydrogen-bond acceptors (Lipinski definition) is 3. The van der Waals surface area contributed by atoms with Crippen LogP contribution in [0.1, 0.15) is 26.2 Å². The van der Waals surface area contributed by atoms with E-state index in [-0.39, 0.29) is 18.1 Å². The summed E-state index contributed by atoms with van der Waals surface area (Å²) in [6.07, 6.45) is 1.98. The van der Waals surface area contributed by atoms with Gasteiger partial charge in [0.15, 0.2) is 0 Å². The van der Waals surface area contributed by atoms with E-state index in [0.29, 0.717) is 19.5 Å². The van der Waals surface area contributed by atoms with Gasteiger partial charge in [0.2, 0.25) is 5.91 Å². The molecule has 4 nitrogen and oxygen atoms in total. The molecule has 13 heavy (non-hydrogen) atoms. The third kappa shape index (κ3) is 2.67. The molecule has 0 aliphatic carbocycles. The number of likely N-dealkylation sites (tertiary alicyclic amines) is 1. The van der Waals surface area contributed by atoms with Gasteiger partial charge in [-0.3, -0.25) is 4.79 Å². The van der Waals surface area contributed by atoms with Crippen LogP contribution >= 0.6 is 0 Å². The van der Waals surface area contributed by atoms with Crippen LogP contribution in [0.4, 0.5) is 0 Å². The lowest BCUT2D eigenvalue weighted by Crippen LogP contribution is -2.42. The van der Waals surface area contributed by atoms with Crippen molar-refractivity contribution < 1.29 is 9.90 Å². The van der Waals surface area contributed by atoms with Gasteiger partial charge in [-0.1, -0.05) is 13.3 Å². The van der Waals surface area contributed by atoms with E-state index in [1.165, 1.54) is 0 Å². The molecule has 0 spiro atoms. The first-order chi connectivity index (χ1) is 6.15. The second-order valence-corrected chi connectivity index (χ2v) is 3.62. The Morgan fingerprint density at radius 2 is 2.46 bits per heavy atom. The molecule has 2 atom stereocenters. The van der Waals surface area contributed by atoms with Crippen LogP contribution in [0.25, 0.3) is 0 Å². The molecule has 76 valence electrons. The van der Waals surface area contributed by atoms with E-state index in [0.717, 1.165) is 12.8 Å². The van der Waals surface area contributed by atoms with Crippen LogP contribution in [-0.2, 0) is 4.79 Å². The molecule has 0 bridgehead atoms. The van der Waals surface area contributed by atoms with E-state index < -0.39 is 0 Å². The minimum Gasteiger partial charge on any atom is -0.391 e. The highest BCUT2D eigenvalue weighted by Crippen LogP contribution is 2.10. The van der Waals surface area contributed by atoms with Crippen molar-refractivity contribution >= 4 is 5.91 Å². The van der Waals surface area contributed by atoms with Gasteiger partial charge >= 0.3 is 0 Å². The van der Waals surface area contributed by atoms with E-state index in [2.05, 4.69) is 0 Å². The molecule has 0 aromatic rings. The van der Waals surface area contributed by atoms with Crippen LogP contribution in [0.15, 0.2) is 0 Å². The molecule has 4 heteroatoms. The number of amides is 1. The first-order valence-electron chi connectivity index (χ1n) is 4.87. The Labute approximate surface area is 78.7 Å². The fourth-order valence-corrected chi connectivity index (χ4v) is 1.61. The number of nitrogens with zero attached hydrogens (tertiary/aromatic N) is 1. The van der Waals surface area contributed by atoms with Gasteiger partial charge in [-0.2, -0.15) is 0 Å². The molecule has 1 heterocycles. The maximum atomic E-state index is 11.6. The summed E-state index contributed by atoms with van der Waals surface area (Å²) < 4.78 is 0. The predicted molar refractivity (Wildman–Crippen MR) is 50.1 cm³/mol. The molecule has 1 aliphatic heterocycles. The van der Waals surface area contributed by atoms with Crippen LogP contribution in [0.5, 0.6) is 0 Å². The SMILES string of the molecule is CCC[C@@H](N)C(=O)N1CC[C@H](O)C1. The van der Waals surface area contributed by atoms with Crippen molar-refractivity contribution in [3.8, 4) is 0 Å². The predicted octanol–water partition coefficient (Wildman–Crippen LogP) is -0.293. The molecule has 0 aromatic heterocycles. The van der Waals surface area contributed by atoms with Crippen LogP contribution in [0.2, 0.25) is 0 Å². The molecule has 0 unspecified atom stereocenters. The van der Waals surface area contributed by atoms with E-state index in [4.69, 9.17) is 5.73 Å². The molecular weight excluding hydrogens is 168 g/mol. The van der Waals surface area contributed by atoms with Gasteiger partial charge in [-0.25, -0.2) is 0 Å². The van der Waals surface area contributed by atoms with Gasteiger partial charge in [0.1, 0.15) is 0 Å². The molecule has 0 saturated carbocycles. The van der Waals surface area contributed by atoms with Crippen LogP contribution in [0, 0.1) is 0 Å². The maximum Gasteiger partial charge on any atom is 0.239 e. The van der Waals surface area contributed by atoms with E-state index in [1.54, 1.807) is 4.90 Å². The minimum absolute atomic E-state index is 0.0154. The van der Waals surface area contributed by atoms with E-state index in [9.17, 15) is 9.90 Å². The molecule has 0 aromatic carbocycles. The van der Waals surface area contributed by atoms with Gasteiger partial charge in [0.05, 0.1) is 12.1 Å². The molecule has 1 rings (SSSR count). The minimum atomic E-state index is -0.379. The quantitative estimate of drug-likeness (QED) is 0.636. The third-order valence-electron chi connectivity index (χ3n) is 2.39. The van der Waals surface area contributed by atoms with E-state index >= 15 is 0 Å². The number of aliphatic hydroxyl groups is 1. The average Bonchev–Trinajstić information content (AvgIpc) is 2.51. The lowest BCUT2D eigenvalue weighted by Gasteiger charge is -2.19. The van der Waals surface area contributed by atoms with Crippen molar-refractivity contribution in [3.05, 3.63) is 0 Å². The summed E-state index contributed by atoms with van der Waals surface area (Å²) in [5.74, 6) is -0.0154. The van der Waals surface area contributed by atoms with Crippen LogP contribution in [0.3, 0.4) is 0 Å². The summed E-state index contributed by atoms with van der Waals surface area (Å²) in [7, 11) is 0. The Morgan fingerprint density at radius 3 is 2.92 bits per heavy atom. The summed E-state index contributed by atoms with van der Waals surface area (Å²) in [5.41, 5.74) is 5.68. The first kappa shape index (κ1) is 10.5. The smallest absolute Gasteiger partial charge is 0.239 e. The number of carbonyl (C=O) groups is 1. The Balaban J connectivity index is 2.38. The van der Waals surface area contributed by atoms with Crippen LogP contribution in [-0.4, -0.2) is 41.1 Å². The van der Waals surface area contributed by atoms with E-state index in [1.807, 2.05) is 6.92 Å². The lowest BCUT2D eigenvalue weighted by atomic mass is 10.1. The standard InChI is InChI=1S/C9H18N2O2/c1-2-3-8(10)9(13)11-5-4-7(12)6-11/h7-8,12H,2-6,10H2,1H3/t7-,8+/m0/s1. The normalized spacial score (nSPS) is 24.8. The fourth-order valence-electron chi connectivity index (χ4n) is 1.61. The highest BCUT2D eigenvalue weighted by Gasteiger charge is 2.27. The average molecular weight is 186 g/mol. The molecule has 3 N–H and O–H groups in total. The number of hydrogen-bond donors (Lipinski definition) is 2. The highest BCUT2D eigenvalue weighted by atomic mass is 16.3. The Bertz CT molecular complexity index is 184. The second kappa shape index (κ2) is 4.58. The molecule has 1 saturated heterocycles.